The first-order valence-electron chi connectivity index (χ1n) is 8.06. The lowest BCUT2D eigenvalue weighted by Gasteiger charge is -2.20. The van der Waals surface area contributed by atoms with Gasteiger partial charge in [0.25, 0.3) is 0 Å². The summed E-state index contributed by atoms with van der Waals surface area (Å²) in [6.45, 7) is 6.46. The predicted molar refractivity (Wildman–Crippen MR) is 93.8 cm³/mol. The van der Waals surface area contributed by atoms with E-state index in [4.69, 9.17) is 4.74 Å². The zero-order valence-electron chi connectivity index (χ0n) is 14.2. The smallest absolute Gasteiger partial charge is 0.224 e. The summed E-state index contributed by atoms with van der Waals surface area (Å²) in [6.07, 6.45) is 2.12. The van der Waals surface area contributed by atoms with E-state index in [1.165, 1.54) is 6.33 Å². The first-order chi connectivity index (χ1) is 11.4. The summed E-state index contributed by atoms with van der Waals surface area (Å²) in [5.74, 6) is 0.403. The molecule has 0 aliphatic heterocycles. The normalized spacial score (nSPS) is 11.7. The molecule has 2 aromatic carbocycles. The van der Waals surface area contributed by atoms with Gasteiger partial charge in [0.2, 0.25) is 5.88 Å². The number of benzene rings is 2. The quantitative estimate of drug-likeness (QED) is 0.699. The first-order valence-corrected chi connectivity index (χ1v) is 8.06. The SMILES string of the molecule is CC(C)(C)c1ccc(CCOc2ncnc3ccccc23)cc1[18F]. The van der Waals surface area contributed by atoms with Crippen LogP contribution < -0.4 is 4.74 Å². The maximum Gasteiger partial charge on any atom is 0.224 e. The number of halogens is 1. The summed E-state index contributed by atoms with van der Waals surface area (Å²) >= 11 is 0. The molecule has 0 amide bonds. The van der Waals surface area contributed by atoms with E-state index in [0.29, 0.717) is 18.9 Å². The van der Waals surface area contributed by atoms with Gasteiger partial charge in [-0.2, -0.15) is 0 Å². The Labute approximate surface area is 141 Å². The second-order valence-corrected chi connectivity index (χ2v) is 6.86. The number of hydrogen-bond acceptors (Lipinski definition) is 3. The van der Waals surface area contributed by atoms with Gasteiger partial charge >= 0.3 is 0 Å². The lowest BCUT2D eigenvalue weighted by molar-refractivity contribution is 0.313. The molecule has 0 atom stereocenters. The van der Waals surface area contributed by atoms with Gasteiger partial charge in [-0.1, -0.05) is 45.0 Å². The molecule has 0 aliphatic rings. The molecule has 3 rings (SSSR count). The monoisotopic (exact) mass is 323 g/mol. The van der Waals surface area contributed by atoms with Gasteiger partial charge in [-0.15, -0.1) is 0 Å². The van der Waals surface area contributed by atoms with Gasteiger partial charge in [-0.25, -0.2) is 14.4 Å². The molecule has 0 spiro atoms. The van der Waals surface area contributed by atoms with Crippen LogP contribution in [0.1, 0.15) is 31.9 Å². The highest BCUT2D eigenvalue weighted by Gasteiger charge is 2.18. The van der Waals surface area contributed by atoms with E-state index in [1.54, 1.807) is 6.07 Å². The van der Waals surface area contributed by atoms with E-state index in [0.717, 1.165) is 22.0 Å². The minimum absolute atomic E-state index is 0.160. The predicted octanol–water partition coefficient (Wildman–Crippen LogP) is 4.69. The van der Waals surface area contributed by atoms with Gasteiger partial charge in [0, 0.05) is 6.42 Å². The van der Waals surface area contributed by atoms with E-state index in [1.807, 2.05) is 57.2 Å². The number of nitrogens with zero attached hydrogens (tertiary/aromatic N) is 2. The molecule has 0 saturated heterocycles. The van der Waals surface area contributed by atoms with E-state index in [9.17, 15) is 4.39 Å². The molecule has 0 saturated carbocycles. The van der Waals surface area contributed by atoms with Crippen molar-refractivity contribution in [2.45, 2.75) is 32.6 Å². The van der Waals surface area contributed by atoms with Crippen molar-refractivity contribution in [3.05, 3.63) is 65.7 Å². The molecule has 0 N–H and O–H groups in total. The van der Waals surface area contributed by atoms with Crippen LogP contribution in [-0.4, -0.2) is 16.6 Å². The van der Waals surface area contributed by atoms with Crippen molar-refractivity contribution < 1.29 is 9.13 Å². The molecule has 124 valence electrons. The summed E-state index contributed by atoms with van der Waals surface area (Å²) in [5.41, 5.74) is 2.30. The Morgan fingerprint density at radius 3 is 2.58 bits per heavy atom. The molecule has 1 aromatic heterocycles. The number of fused-ring (bicyclic) bond motifs is 1. The standard InChI is InChI=1S/C20H21FN2O/c1-20(2,3)16-9-8-14(12-17(16)21)10-11-24-19-15-6-4-5-7-18(15)22-13-23-19/h4-9,12-13H,10-11H2,1-3H3/i21-1. The van der Waals surface area contributed by atoms with E-state index in [-0.39, 0.29) is 11.2 Å². The molecule has 0 unspecified atom stereocenters. The molecule has 3 aromatic rings. The van der Waals surface area contributed by atoms with Gasteiger partial charge in [-0.05, 0) is 34.7 Å². The van der Waals surface area contributed by atoms with Crippen molar-refractivity contribution in [3.8, 4) is 5.88 Å². The Morgan fingerprint density at radius 1 is 1.04 bits per heavy atom. The summed E-state index contributed by atoms with van der Waals surface area (Å²) in [7, 11) is 0. The van der Waals surface area contributed by atoms with E-state index >= 15 is 0 Å². The summed E-state index contributed by atoms with van der Waals surface area (Å²) in [4.78, 5) is 8.41. The van der Waals surface area contributed by atoms with Gasteiger partial charge in [-0.3, -0.25) is 0 Å². The van der Waals surface area contributed by atoms with Gasteiger partial charge in [0.05, 0.1) is 17.5 Å². The number of hydrogen-bond donors (Lipinski definition) is 0. The van der Waals surface area contributed by atoms with Crippen molar-refractivity contribution in [2.24, 2.45) is 0 Å². The maximum atomic E-state index is 14.2. The average molecular weight is 323 g/mol. The third-order valence-electron chi connectivity index (χ3n) is 3.98. The van der Waals surface area contributed by atoms with Crippen molar-refractivity contribution >= 4 is 10.9 Å². The number of para-hydroxylation sites is 1. The largest absolute Gasteiger partial charge is 0.477 e. The molecule has 3 nitrogen and oxygen atoms in total. The summed E-state index contributed by atoms with van der Waals surface area (Å²) in [5, 5.41) is 0.884. The Hall–Kier alpha value is -2.49. The Kier molecular flexibility index (Phi) is 4.47. The molecule has 4 heteroatoms. The Bertz CT molecular complexity index is 850. The number of rotatable bonds is 4. The fourth-order valence-corrected chi connectivity index (χ4v) is 2.68. The Balaban J connectivity index is 1.69. The molecule has 0 fully saturated rings. The van der Waals surface area contributed by atoms with Crippen LogP contribution >= 0.6 is 0 Å². The number of ether oxygens (including phenoxy) is 1. The zero-order chi connectivity index (χ0) is 17.2. The van der Waals surface area contributed by atoms with Crippen LogP contribution in [-0.2, 0) is 11.8 Å². The highest BCUT2D eigenvalue weighted by Crippen LogP contribution is 2.26. The summed E-state index contributed by atoms with van der Waals surface area (Å²) in [6, 6.07) is 13.1. The Morgan fingerprint density at radius 2 is 1.83 bits per heavy atom. The lowest BCUT2D eigenvalue weighted by atomic mass is 9.86. The van der Waals surface area contributed by atoms with Crippen LogP contribution in [0.15, 0.2) is 48.8 Å². The minimum Gasteiger partial charge on any atom is -0.477 e. The van der Waals surface area contributed by atoms with Crippen LogP contribution in [0.5, 0.6) is 5.88 Å². The van der Waals surface area contributed by atoms with Crippen molar-refractivity contribution in [2.75, 3.05) is 6.61 Å². The van der Waals surface area contributed by atoms with Crippen LogP contribution in [0.25, 0.3) is 10.9 Å². The molecule has 0 radical (unpaired) electrons. The molecule has 1 heterocycles. The number of aromatic nitrogens is 2. The highest BCUT2D eigenvalue weighted by atomic mass is 18.2. The molecule has 24 heavy (non-hydrogen) atoms. The van der Waals surface area contributed by atoms with Crippen LogP contribution in [0, 0.1) is 5.82 Å². The van der Waals surface area contributed by atoms with Crippen molar-refractivity contribution in [1.82, 2.24) is 9.97 Å². The van der Waals surface area contributed by atoms with Crippen LogP contribution in [0.3, 0.4) is 0 Å². The van der Waals surface area contributed by atoms with Crippen molar-refractivity contribution in [3.63, 3.8) is 0 Å². The second-order valence-electron chi connectivity index (χ2n) is 6.86. The molecular formula is C20H21FN2O. The third kappa shape index (κ3) is 3.53. The molecular weight excluding hydrogens is 302 g/mol. The molecule has 0 bridgehead atoms. The first kappa shape index (κ1) is 16.4. The minimum atomic E-state index is -0.195. The van der Waals surface area contributed by atoms with E-state index < -0.39 is 0 Å². The van der Waals surface area contributed by atoms with Gasteiger partial charge in [0.15, 0.2) is 0 Å². The van der Waals surface area contributed by atoms with Crippen molar-refractivity contribution in [1.29, 1.82) is 0 Å². The highest BCUT2D eigenvalue weighted by molar-refractivity contribution is 5.82. The molecule has 0 aliphatic carbocycles. The maximum absolute atomic E-state index is 14.2. The lowest BCUT2D eigenvalue weighted by Crippen LogP contribution is -2.14. The van der Waals surface area contributed by atoms with Crippen LogP contribution in [0.4, 0.5) is 4.39 Å². The summed E-state index contributed by atoms with van der Waals surface area (Å²) < 4.78 is 20.0. The second kappa shape index (κ2) is 6.56. The topological polar surface area (TPSA) is 35.0 Å². The van der Waals surface area contributed by atoms with E-state index in [2.05, 4.69) is 9.97 Å². The average Bonchev–Trinajstić information content (AvgIpc) is 2.54. The van der Waals surface area contributed by atoms with Crippen LogP contribution in [0.2, 0.25) is 0 Å². The van der Waals surface area contributed by atoms with Gasteiger partial charge < -0.3 is 4.74 Å². The third-order valence-corrected chi connectivity index (χ3v) is 3.98. The fraction of sp³-hybridized carbons (Fsp3) is 0.300. The van der Waals surface area contributed by atoms with Gasteiger partial charge in [0.1, 0.15) is 12.1 Å². The fourth-order valence-electron chi connectivity index (χ4n) is 2.68. The zero-order valence-corrected chi connectivity index (χ0v) is 14.2.